The van der Waals surface area contributed by atoms with Gasteiger partial charge in [-0.15, -0.1) is 0 Å². The van der Waals surface area contributed by atoms with Crippen LogP contribution in [0.5, 0.6) is 0 Å². The van der Waals surface area contributed by atoms with Gasteiger partial charge in [0.1, 0.15) is 0 Å². The highest BCUT2D eigenvalue weighted by molar-refractivity contribution is 5.15. The van der Waals surface area contributed by atoms with E-state index in [-0.39, 0.29) is 0 Å². The third kappa shape index (κ3) is 8.72. The Labute approximate surface area is 148 Å². The van der Waals surface area contributed by atoms with E-state index in [1.54, 1.807) is 0 Å². The summed E-state index contributed by atoms with van der Waals surface area (Å²) in [5, 5.41) is 0. The lowest BCUT2D eigenvalue weighted by Crippen LogP contribution is -1.85. The van der Waals surface area contributed by atoms with E-state index in [1.165, 1.54) is 75.3 Å². The Bertz CT molecular complexity index is 487. The minimum atomic E-state index is 1.23. The van der Waals surface area contributed by atoms with Gasteiger partial charge in [0.2, 0.25) is 0 Å². The second-order valence-electron chi connectivity index (χ2n) is 6.64. The first-order chi connectivity index (χ1) is 11.9. The van der Waals surface area contributed by atoms with Crippen LogP contribution in [-0.2, 0) is 12.8 Å². The summed E-state index contributed by atoms with van der Waals surface area (Å²) in [7, 11) is 0. The average Bonchev–Trinajstić information content (AvgIpc) is 2.64. The van der Waals surface area contributed by atoms with Crippen LogP contribution in [0.3, 0.4) is 0 Å². The molecule has 0 aliphatic heterocycles. The van der Waals surface area contributed by atoms with Gasteiger partial charge in [0.25, 0.3) is 0 Å². The van der Waals surface area contributed by atoms with Crippen LogP contribution in [0.4, 0.5) is 0 Å². The lowest BCUT2D eigenvalue weighted by molar-refractivity contribution is 0.677. The monoisotopic (exact) mass is 320 g/mol. The Hall–Kier alpha value is -1.82. The first kappa shape index (κ1) is 18.5. The van der Waals surface area contributed by atoms with Crippen LogP contribution in [-0.4, -0.2) is 0 Å². The molecule has 0 aliphatic carbocycles. The molecule has 0 aliphatic rings. The summed E-state index contributed by atoms with van der Waals surface area (Å²) in [6.07, 6.45) is 17.7. The number of unbranched alkanes of at least 4 members (excludes halogenated alkanes) is 6. The Morgan fingerprint density at radius 1 is 0.458 bits per heavy atom. The van der Waals surface area contributed by atoms with Crippen molar-refractivity contribution < 1.29 is 0 Å². The van der Waals surface area contributed by atoms with Gasteiger partial charge >= 0.3 is 0 Å². The van der Waals surface area contributed by atoms with Gasteiger partial charge in [0.15, 0.2) is 0 Å². The number of allylic oxidation sites excluding steroid dienone is 2. The van der Waals surface area contributed by atoms with Crippen molar-refractivity contribution in [1.29, 1.82) is 0 Å². The Morgan fingerprint density at radius 2 is 0.875 bits per heavy atom. The quantitative estimate of drug-likeness (QED) is 0.288. The highest BCUT2D eigenvalue weighted by Crippen LogP contribution is 2.10. The van der Waals surface area contributed by atoms with Crippen molar-refractivity contribution in [2.24, 2.45) is 0 Å². The van der Waals surface area contributed by atoms with E-state index >= 15 is 0 Å². The van der Waals surface area contributed by atoms with Gasteiger partial charge in [-0.25, -0.2) is 0 Å². The van der Waals surface area contributed by atoms with Gasteiger partial charge in [-0.1, -0.05) is 85.7 Å². The van der Waals surface area contributed by atoms with Gasteiger partial charge < -0.3 is 0 Å². The predicted octanol–water partition coefficient (Wildman–Crippen LogP) is 7.15. The Kier molecular flexibility index (Phi) is 9.71. The minimum Gasteiger partial charge on any atom is -0.0885 e. The van der Waals surface area contributed by atoms with Gasteiger partial charge in [-0.2, -0.15) is 0 Å². The molecule has 24 heavy (non-hydrogen) atoms. The molecule has 0 amide bonds. The molecule has 0 saturated carbocycles. The molecule has 0 aromatic heterocycles. The van der Waals surface area contributed by atoms with Crippen LogP contribution in [0, 0.1) is 0 Å². The molecule has 0 radical (unpaired) electrons. The largest absolute Gasteiger partial charge is 0.0885 e. The van der Waals surface area contributed by atoms with Gasteiger partial charge in [0, 0.05) is 0 Å². The number of hydrogen-bond acceptors (Lipinski definition) is 0. The lowest BCUT2D eigenvalue weighted by Gasteiger charge is -2.01. The molecule has 0 fully saturated rings. The Balaban J connectivity index is 1.37. The molecule has 0 atom stereocenters. The minimum absolute atomic E-state index is 1.23. The molecular weight excluding hydrogens is 288 g/mol. The molecule has 128 valence electrons. The van der Waals surface area contributed by atoms with Gasteiger partial charge in [0.05, 0.1) is 0 Å². The first-order valence-corrected chi connectivity index (χ1v) is 9.68. The zero-order valence-electron chi connectivity index (χ0n) is 15.0. The van der Waals surface area contributed by atoms with Crippen molar-refractivity contribution in [3.63, 3.8) is 0 Å². The molecule has 0 spiro atoms. The summed E-state index contributed by atoms with van der Waals surface area (Å²) >= 11 is 0. The molecule has 2 aromatic rings. The fourth-order valence-corrected chi connectivity index (χ4v) is 3.06. The first-order valence-electron chi connectivity index (χ1n) is 9.68. The van der Waals surface area contributed by atoms with Crippen LogP contribution in [0.1, 0.15) is 62.5 Å². The van der Waals surface area contributed by atoms with E-state index < -0.39 is 0 Å². The van der Waals surface area contributed by atoms with E-state index in [0.29, 0.717) is 0 Å². The normalized spacial score (nSPS) is 11.2. The van der Waals surface area contributed by atoms with Crippen molar-refractivity contribution in [1.82, 2.24) is 0 Å². The summed E-state index contributed by atoms with van der Waals surface area (Å²) in [4.78, 5) is 0. The molecule has 0 unspecified atom stereocenters. The standard InChI is InChI=1S/C24H32/c1(3-5-7-11-17-23-19-13-9-14-20-23)2-4-6-8-12-18-24-21-15-10-16-22-24/h1-2,9-10,13-16,19-22H,3-8,11-12,17-18H2. The SMILES string of the molecule is C(=CCCCCCc1ccccc1)CCCCCc1ccccc1. The maximum Gasteiger partial charge on any atom is -0.0279 e. The van der Waals surface area contributed by atoms with Crippen molar-refractivity contribution in [3.8, 4) is 0 Å². The van der Waals surface area contributed by atoms with E-state index in [1.807, 2.05) is 0 Å². The molecule has 0 N–H and O–H groups in total. The molecule has 2 rings (SSSR count). The summed E-state index contributed by atoms with van der Waals surface area (Å²) in [6, 6.07) is 21.7. The third-order valence-corrected chi connectivity index (χ3v) is 4.52. The van der Waals surface area contributed by atoms with Gasteiger partial charge in [-0.3, -0.25) is 0 Å². The second kappa shape index (κ2) is 12.6. The van der Waals surface area contributed by atoms with E-state index in [0.717, 1.165) is 0 Å². The number of rotatable bonds is 12. The lowest BCUT2D eigenvalue weighted by atomic mass is 10.1. The van der Waals surface area contributed by atoms with Crippen LogP contribution in [0.25, 0.3) is 0 Å². The predicted molar refractivity (Wildman–Crippen MR) is 106 cm³/mol. The van der Waals surface area contributed by atoms with Crippen LogP contribution >= 0.6 is 0 Å². The molecular formula is C24H32. The average molecular weight is 321 g/mol. The topological polar surface area (TPSA) is 0 Å². The number of hydrogen-bond donors (Lipinski definition) is 0. The summed E-state index contributed by atoms with van der Waals surface area (Å²) in [5.41, 5.74) is 2.95. The zero-order chi connectivity index (χ0) is 16.7. The molecule has 0 heterocycles. The molecule has 0 nitrogen and oxygen atoms in total. The maximum absolute atomic E-state index is 2.39. The zero-order valence-corrected chi connectivity index (χ0v) is 15.0. The Morgan fingerprint density at radius 3 is 1.29 bits per heavy atom. The fourth-order valence-electron chi connectivity index (χ4n) is 3.06. The van der Waals surface area contributed by atoms with Crippen molar-refractivity contribution >= 4 is 0 Å². The summed E-state index contributed by atoms with van der Waals surface area (Å²) in [5.74, 6) is 0. The molecule has 0 saturated heterocycles. The third-order valence-electron chi connectivity index (χ3n) is 4.52. The van der Waals surface area contributed by atoms with E-state index in [2.05, 4.69) is 72.8 Å². The second-order valence-corrected chi connectivity index (χ2v) is 6.64. The smallest absolute Gasteiger partial charge is 0.0279 e. The van der Waals surface area contributed by atoms with Crippen LogP contribution in [0.15, 0.2) is 72.8 Å². The van der Waals surface area contributed by atoms with Crippen LogP contribution < -0.4 is 0 Å². The van der Waals surface area contributed by atoms with Crippen molar-refractivity contribution in [2.45, 2.75) is 64.2 Å². The van der Waals surface area contributed by atoms with E-state index in [9.17, 15) is 0 Å². The summed E-state index contributed by atoms with van der Waals surface area (Å²) in [6.45, 7) is 0. The summed E-state index contributed by atoms with van der Waals surface area (Å²) < 4.78 is 0. The highest BCUT2D eigenvalue weighted by atomic mass is 14.0. The van der Waals surface area contributed by atoms with Gasteiger partial charge in [-0.05, 0) is 62.5 Å². The van der Waals surface area contributed by atoms with Crippen LogP contribution in [0.2, 0.25) is 0 Å². The number of aryl methyl sites for hydroxylation is 2. The van der Waals surface area contributed by atoms with E-state index in [4.69, 9.17) is 0 Å². The molecule has 0 bridgehead atoms. The van der Waals surface area contributed by atoms with Crippen molar-refractivity contribution in [2.75, 3.05) is 0 Å². The molecule has 0 heteroatoms. The molecule has 2 aromatic carbocycles. The number of benzene rings is 2. The fraction of sp³-hybridized carbons (Fsp3) is 0.417. The maximum atomic E-state index is 2.39. The van der Waals surface area contributed by atoms with Crippen molar-refractivity contribution in [3.05, 3.63) is 83.9 Å². The highest BCUT2D eigenvalue weighted by Gasteiger charge is 1.93.